The van der Waals surface area contributed by atoms with Crippen LogP contribution in [0.1, 0.15) is 78.1 Å². The lowest BCUT2D eigenvalue weighted by atomic mass is 9.83. The highest BCUT2D eigenvalue weighted by Gasteiger charge is 2.26. The van der Waals surface area contributed by atoms with Crippen LogP contribution in [0.5, 0.6) is 0 Å². The van der Waals surface area contributed by atoms with Gasteiger partial charge >= 0.3 is 0 Å². The Morgan fingerprint density at radius 1 is 0.944 bits per heavy atom. The molecule has 106 valence electrons. The molecule has 1 nitrogen and oxygen atoms in total. The van der Waals surface area contributed by atoms with E-state index in [1.807, 2.05) is 0 Å². The number of hydrogen-bond donors (Lipinski definition) is 1. The molecule has 2 fully saturated rings. The molecule has 0 spiro atoms. The third kappa shape index (κ3) is 5.30. The Kier molecular flexibility index (Phi) is 6.01. The zero-order valence-corrected chi connectivity index (χ0v) is 12.6. The average Bonchev–Trinajstić information content (AvgIpc) is 3.13. The zero-order valence-electron chi connectivity index (χ0n) is 12.6. The first-order valence-corrected chi connectivity index (χ1v) is 8.49. The van der Waals surface area contributed by atoms with Gasteiger partial charge in [-0.25, -0.2) is 0 Å². The van der Waals surface area contributed by atoms with E-state index < -0.39 is 0 Å². The Balaban J connectivity index is 1.73. The van der Waals surface area contributed by atoms with E-state index in [0.29, 0.717) is 0 Å². The lowest BCUT2D eigenvalue weighted by Crippen LogP contribution is -2.29. The summed E-state index contributed by atoms with van der Waals surface area (Å²) >= 11 is 0. The van der Waals surface area contributed by atoms with Crippen LogP contribution >= 0.6 is 0 Å². The van der Waals surface area contributed by atoms with Crippen molar-refractivity contribution >= 4 is 0 Å². The highest BCUT2D eigenvalue weighted by Crippen LogP contribution is 2.33. The van der Waals surface area contributed by atoms with Crippen LogP contribution in [-0.2, 0) is 0 Å². The molecule has 2 aliphatic rings. The molecule has 0 aromatic carbocycles. The predicted octanol–water partition coefficient (Wildman–Crippen LogP) is 4.76. The maximum Gasteiger partial charge on any atom is 0.00683 e. The van der Waals surface area contributed by atoms with E-state index >= 15 is 0 Å². The molecule has 2 rings (SSSR count). The van der Waals surface area contributed by atoms with E-state index in [1.165, 1.54) is 70.8 Å². The van der Waals surface area contributed by atoms with Crippen LogP contribution in [-0.4, -0.2) is 12.6 Å². The summed E-state index contributed by atoms with van der Waals surface area (Å²) < 4.78 is 0. The van der Waals surface area contributed by atoms with Crippen molar-refractivity contribution in [1.29, 1.82) is 0 Å². The van der Waals surface area contributed by atoms with Crippen molar-refractivity contribution in [2.45, 2.75) is 84.1 Å². The lowest BCUT2D eigenvalue weighted by molar-refractivity contribution is 0.272. The second-order valence-corrected chi connectivity index (χ2v) is 7.17. The van der Waals surface area contributed by atoms with Crippen molar-refractivity contribution in [1.82, 2.24) is 5.32 Å². The summed E-state index contributed by atoms with van der Waals surface area (Å²) in [7, 11) is 0. The standard InChI is InChI=1S/C17H33N/c1-14(2)7-6-10-15-8-4-3-5-9-16(15)13-18-17-11-12-17/h14-18H,3-13H2,1-2H3. The fraction of sp³-hybridized carbons (Fsp3) is 1.00. The Hall–Kier alpha value is -0.0400. The van der Waals surface area contributed by atoms with Crippen LogP contribution in [0, 0.1) is 17.8 Å². The third-order valence-electron chi connectivity index (χ3n) is 4.92. The van der Waals surface area contributed by atoms with Gasteiger partial charge in [-0.1, -0.05) is 58.8 Å². The van der Waals surface area contributed by atoms with Gasteiger partial charge in [0.05, 0.1) is 0 Å². The highest BCUT2D eigenvalue weighted by atomic mass is 14.9. The van der Waals surface area contributed by atoms with Crippen molar-refractivity contribution in [2.75, 3.05) is 6.54 Å². The van der Waals surface area contributed by atoms with Crippen LogP contribution in [0.3, 0.4) is 0 Å². The van der Waals surface area contributed by atoms with Crippen molar-refractivity contribution in [3.8, 4) is 0 Å². The molecule has 2 saturated carbocycles. The van der Waals surface area contributed by atoms with Crippen molar-refractivity contribution in [3.63, 3.8) is 0 Å². The number of hydrogen-bond acceptors (Lipinski definition) is 1. The largest absolute Gasteiger partial charge is 0.314 e. The Morgan fingerprint density at radius 2 is 1.67 bits per heavy atom. The monoisotopic (exact) mass is 251 g/mol. The van der Waals surface area contributed by atoms with Gasteiger partial charge in [0.1, 0.15) is 0 Å². The molecule has 0 aliphatic heterocycles. The van der Waals surface area contributed by atoms with Gasteiger partial charge in [-0.05, 0) is 43.6 Å². The quantitative estimate of drug-likeness (QED) is 0.643. The van der Waals surface area contributed by atoms with E-state index in [0.717, 1.165) is 23.8 Å². The minimum atomic E-state index is 0.888. The summed E-state index contributed by atoms with van der Waals surface area (Å²) in [6, 6.07) is 0.893. The zero-order chi connectivity index (χ0) is 12.8. The summed E-state index contributed by atoms with van der Waals surface area (Å²) in [5, 5.41) is 3.78. The van der Waals surface area contributed by atoms with E-state index in [-0.39, 0.29) is 0 Å². The summed E-state index contributed by atoms with van der Waals surface area (Å²) in [6.45, 7) is 6.04. The SMILES string of the molecule is CC(C)CCCC1CCCCCC1CNC1CC1. The summed E-state index contributed by atoms with van der Waals surface area (Å²) in [5.74, 6) is 2.90. The van der Waals surface area contributed by atoms with E-state index in [1.54, 1.807) is 0 Å². The Morgan fingerprint density at radius 3 is 2.33 bits per heavy atom. The van der Waals surface area contributed by atoms with Gasteiger partial charge in [-0.2, -0.15) is 0 Å². The van der Waals surface area contributed by atoms with Gasteiger partial charge in [0.25, 0.3) is 0 Å². The minimum Gasteiger partial charge on any atom is -0.314 e. The van der Waals surface area contributed by atoms with Crippen molar-refractivity contribution < 1.29 is 0 Å². The second kappa shape index (κ2) is 7.53. The van der Waals surface area contributed by atoms with E-state index in [9.17, 15) is 0 Å². The molecular formula is C17H33N. The van der Waals surface area contributed by atoms with Gasteiger partial charge in [0, 0.05) is 6.04 Å². The molecule has 0 amide bonds. The van der Waals surface area contributed by atoms with E-state index in [4.69, 9.17) is 0 Å². The normalized spacial score (nSPS) is 29.5. The molecule has 18 heavy (non-hydrogen) atoms. The number of nitrogens with one attached hydrogen (secondary N) is 1. The molecule has 1 heteroatoms. The topological polar surface area (TPSA) is 12.0 Å². The second-order valence-electron chi connectivity index (χ2n) is 7.17. The van der Waals surface area contributed by atoms with Crippen LogP contribution < -0.4 is 5.32 Å². The molecule has 0 bridgehead atoms. The first-order chi connectivity index (χ1) is 8.75. The van der Waals surface area contributed by atoms with Crippen molar-refractivity contribution in [2.24, 2.45) is 17.8 Å². The van der Waals surface area contributed by atoms with Gasteiger partial charge < -0.3 is 5.32 Å². The molecule has 2 unspecified atom stereocenters. The summed E-state index contributed by atoms with van der Waals surface area (Å²) in [6.07, 6.45) is 14.7. The average molecular weight is 251 g/mol. The van der Waals surface area contributed by atoms with Crippen LogP contribution in [0.25, 0.3) is 0 Å². The molecule has 2 atom stereocenters. The maximum atomic E-state index is 3.78. The van der Waals surface area contributed by atoms with Crippen molar-refractivity contribution in [3.05, 3.63) is 0 Å². The van der Waals surface area contributed by atoms with Crippen LogP contribution in [0.2, 0.25) is 0 Å². The summed E-state index contributed by atoms with van der Waals surface area (Å²) in [5.41, 5.74) is 0. The van der Waals surface area contributed by atoms with Crippen LogP contribution in [0.4, 0.5) is 0 Å². The smallest absolute Gasteiger partial charge is 0.00683 e. The fourth-order valence-corrected chi connectivity index (χ4v) is 3.50. The predicted molar refractivity (Wildman–Crippen MR) is 79.8 cm³/mol. The minimum absolute atomic E-state index is 0.888. The molecule has 0 radical (unpaired) electrons. The molecule has 0 saturated heterocycles. The molecule has 2 aliphatic carbocycles. The number of rotatable bonds is 7. The van der Waals surface area contributed by atoms with Gasteiger partial charge in [0.2, 0.25) is 0 Å². The van der Waals surface area contributed by atoms with Crippen LogP contribution in [0.15, 0.2) is 0 Å². The fourth-order valence-electron chi connectivity index (χ4n) is 3.50. The molecule has 0 aromatic rings. The maximum absolute atomic E-state index is 3.78. The van der Waals surface area contributed by atoms with E-state index in [2.05, 4.69) is 19.2 Å². The first-order valence-electron chi connectivity index (χ1n) is 8.49. The molecule has 1 N–H and O–H groups in total. The van der Waals surface area contributed by atoms with Gasteiger partial charge in [-0.3, -0.25) is 0 Å². The summed E-state index contributed by atoms with van der Waals surface area (Å²) in [4.78, 5) is 0. The van der Waals surface area contributed by atoms with Gasteiger partial charge in [-0.15, -0.1) is 0 Å². The van der Waals surface area contributed by atoms with Gasteiger partial charge in [0.15, 0.2) is 0 Å². The first kappa shape index (κ1) is 14.4. The molecular weight excluding hydrogens is 218 g/mol. The lowest BCUT2D eigenvalue weighted by Gasteiger charge is -2.26. The molecule has 0 heterocycles. The highest BCUT2D eigenvalue weighted by molar-refractivity contribution is 4.84. The Bertz CT molecular complexity index is 220. The Labute approximate surface area is 114 Å². The third-order valence-corrected chi connectivity index (χ3v) is 4.92. The molecule has 0 aromatic heterocycles.